The molecule has 0 spiro atoms. The second-order valence-electron chi connectivity index (χ2n) is 7.19. The highest BCUT2D eigenvalue weighted by molar-refractivity contribution is 5.84. The molecule has 0 saturated heterocycles. The molecule has 2 atom stereocenters. The minimum Gasteiger partial charge on any atom is -0.444 e. The first kappa shape index (κ1) is 15.8. The lowest BCUT2D eigenvalue weighted by Crippen LogP contribution is -2.27. The smallest absolute Gasteiger partial charge is 0.412 e. The van der Waals surface area contributed by atoms with Gasteiger partial charge in [0.15, 0.2) is 0 Å². The molecule has 1 amide bonds. The van der Waals surface area contributed by atoms with E-state index in [1.165, 1.54) is 6.07 Å². The average molecular weight is 294 g/mol. The molecular formula is C16H23FN2O2. The first-order chi connectivity index (χ1) is 9.52. The summed E-state index contributed by atoms with van der Waals surface area (Å²) in [7, 11) is 0. The number of amides is 1. The molecule has 0 bridgehead atoms. The Balaban J connectivity index is 2.08. The maximum Gasteiger partial charge on any atom is 0.412 e. The lowest BCUT2D eigenvalue weighted by Gasteiger charge is -2.19. The van der Waals surface area contributed by atoms with E-state index in [-0.39, 0.29) is 23.2 Å². The average Bonchev–Trinajstić information content (AvgIpc) is 2.76. The molecule has 1 aliphatic carbocycles. The van der Waals surface area contributed by atoms with Crippen molar-refractivity contribution in [2.45, 2.75) is 52.2 Å². The van der Waals surface area contributed by atoms with Crippen LogP contribution in [0.15, 0.2) is 18.2 Å². The third kappa shape index (κ3) is 3.35. The standard InChI is InChI=1S/C16H23FN2O2/c1-15(2,3)21-14(20)19-9-6-7-10(11(17)8-9)12-13(18)16(12,4)5/h6-8,12-13H,18H2,1-5H3,(H,19,20)/t12-,13-/m0/s1. The zero-order chi connectivity index (χ0) is 16.0. The van der Waals surface area contributed by atoms with E-state index in [2.05, 4.69) is 5.32 Å². The van der Waals surface area contributed by atoms with Crippen LogP contribution >= 0.6 is 0 Å². The lowest BCUT2D eigenvalue weighted by molar-refractivity contribution is 0.0636. The zero-order valence-corrected chi connectivity index (χ0v) is 13.2. The number of rotatable bonds is 2. The summed E-state index contributed by atoms with van der Waals surface area (Å²) in [6.45, 7) is 9.36. The molecule has 116 valence electrons. The van der Waals surface area contributed by atoms with Gasteiger partial charge in [0.2, 0.25) is 0 Å². The molecule has 1 aromatic rings. The summed E-state index contributed by atoms with van der Waals surface area (Å²) < 4.78 is 19.3. The Morgan fingerprint density at radius 1 is 1.38 bits per heavy atom. The fourth-order valence-electron chi connectivity index (χ4n) is 2.55. The van der Waals surface area contributed by atoms with Gasteiger partial charge in [-0.3, -0.25) is 5.32 Å². The summed E-state index contributed by atoms with van der Waals surface area (Å²) in [5.41, 5.74) is 6.28. The van der Waals surface area contributed by atoms with E-state index < -0.39 is 11.7 Å². The minimum atomic E-state index is -0.599. The summed E-state index contributed by atoms with van der Waals surface area (Å²) >= 11 is 0. The van der Waals surface area contributed by atoms with E-state index in [0.717, 1.165) is 0 Å². The number of hydrogen-bond donors (Lipinski definition) is 2. The van der Waals surface area contributed by atoms with Crippen LogP contribution in [0.1, 0.15) is 46.1 Å². The number of carbonyl (C=O) groups is 1. The lowest BCUT2D eigenvalue weighted by atomic mass is 10.0. The molecule has 0 aliphatic heterocycles. The van der Waals surface area contributed by atoms with Crippen LogP contribution in [0.5, 0.6) is 0 Å². The van der Waals surface area contributed by atoms with Crippen molar-refractivity contribution in [1.29, 1.82) is 0 Å². The number of nitrogens with two attached hydrogens (primary N) is 1. The summed E-state index contributed by atoms with van der Waals surface area (Å²) in [6.07, 6.45) is -0.599. The SMILES string of the molecule is CC(C)(C)OC(=O)Nc1ccc([C@H]2[C@H](N)C2(C)C)c(F)c1. The molecule has 0 radical (unpaired) electrons. The van der Waals surface area contributed by atoms with Crippen LogP contribution < -0.4 is 11.1 Å². The Hall–Kier alpha value is -1.62. The maximum absolute atomic E-state index is 14.2. The van der Waals surface area contributed by atoms with Crippen LogP contribution in [0.3, 0.4) is 0 Å². The number of anilines is 1. The van der Waals surface area contributed by atoms with Crippen LogP contribution in [0.25, 0.3) is 0 Å². The van der Waals surface area contributed by atoms with Gasteiger partial charge in [-0.25, -0.2) is 9.18 Å². The van der Waals surface area contributed by atoms with Gasteiger partial charge in [-0.2, -0.15) is 0 Å². The molecule has 0 heterocycles. The van der Waals surface area contributed by atoms with Gasteiger partial charge in [-0.1, -0.05) is 19.9 Å². The van der Waals surface area contributed by atoms with Crippen LogP contribution in [-0.2, 0) is 4.74 Å². The second kappa shape index (κ2) is 4.98. The second-order valence-corrected chi connectivity index (χ2v) is 7.19. The highest BCUT2D eigenvalue weighted by atomic mass is 19.1. The molecule has 2 rings (SSSR count). The van der Waals surface area contributed by atoms with Crippen molar-refractivity contribution in [3.8, 4) is 0 Å². The number of nitrogens with one attached hydrogen (secondary N) is 1. The number of ether oxygens (including phenoxy) is 1. The molecule has 1 saturated carbocycles. The van der Waals surface area contributed by atoms with Crippen molar-refractivity contribution in [2.24, 2.45) is 11.1 Å². The molecule has 3 N–H and O–H groups in total. The van der Waals surface area contributed by atoms with E-state index in [1.54, 1.807) is 32.9 Å². The van der Waals surface area contributed by atoms with E-state index in [0.29, 0.717) is 11.3 Å². The zero-order valence-electron chi connectivity index (χ0n) is 13.2. The van der Waals surface area contributed by atoms with E-state index in [9.17, 15) is 9.18 Å². The molecule has 0 aromatic heterocycles. The topological polar surface area (TPSA) is 64.3 Å². The predicted octanol–water partition coefficient (Wildman–Crippen LogP) is 3.62. The van der Waals surface area contributed by atoms with Gasteiger partial charge in [-0.05, 0) is 43.9 Å². The van der Waals surface area contributed by atoms with Crippen LogP contribution in [0.4, 0.5) is 14.9 Å². The molecule has 1 aliphatic rings. The van der Waals surface area contributed by atoms with E-state index in [1.807, 2.05) is 13.8 Å². The normalized spacial score (nSPS) is 23.6. The van der Waals surface area contributed by atoms with Gasteiger partial charge in [0, 0.05) is 17.6 Å². The third-order valence-corrected chi connectivity index (χ3v) is 3.89. The third-order valence-electron chi connectivity index (χ3n) is 3.89. The van der Waals surface area contributed by atoms with Gasteiger partial charge in [0.05, 0.1) is 0 Å². The quantitative estimate of drug-likeness (QED) is 0.875. The number of hydrogen-bond acceptors (Lipinski definition) is 3. The minimum absolute atomic E-state index is 0.0214. The van der Waals surface area contributed by atoms with Crippen molar-refractivity contribution in [3.05, 3.63) is 29.6 Å². The van der Waals surface area contributed by atoms with Crippen molar-refractivity contribution in [1.82, 2.24) is 0 Å². The monoisotopic (exact) mass is 294 g/mol. The van der Waals surface area contributed by atoms with Crippen molar-refractivity contribution < 1.29 is 13.9 Å². The predicted molar refractivity (Wildman–Crippen MR) is 80.8 cm³/mol. The number of halogens is 1. The number of carbonyl (C=O) groups excluding carboxylic acids is 1. The van der Waals surface area contributed by atoms with Crippen molar-refractivity contribution in [2.75, 3.05) is 5.32 Å². The van der Waals surface area contributed by atoms with Crippen molar-refractivity contribution >= 4 is 11.8 Å². The van der Waals surface area contributed by atoms with Gasteiger partial charge < -0.3 is 10.5 Å². The molecule has 1 fully saturated rings. The fraction of sp³-hybridized carbons (Fsp3) is 0.562. The summed E-state index contributed by atoms with van der Waals surface area (Å²) in [5, 5.41) is 2.53. The van der Waals surface area contributed by atoms with E-state index >= 15 is 0 Å². The summed E-state index contributed by atoms with van der Waals surface area (Å²) in [5.74, 6) is -0.331. The summed E-state index contributed by atoms with van der Waals surface area (Å²) in [6, 6.07) is 4.63. The molecular weight excluding hydrogens is 271 g/mol. The molecule has 1 aromatic carbocycles. The highest BCUT2D eigenvalue weighted by Gasteiger charge is 2.56. The number of benzene rings is 1. The Labute approximate surface area is 124 Å². The van der Waals surface area contributed by atoms with Crippen molar-refractivity contribution in [3.63, 3.8) is 0 Å². The van der Waals surface area contributed by atoms with Crippen LogP contribution in [0.2, 0.25) is 0 Å². The van der Waals surface area contributed by atoms with Crippen LogP contribution in [-0.4, -0.2) is 17.7 Å². The molecule has 0 unspecified atom stereocenters. The van der Waals surface area contributed by atoms with E-state index in [4.69, 9.17) is 10.5 Å². The molecule has 5 heteroatoms. The first-order valence-corrected chi connectivity index (χ1v) is 7.07. The Morgan fingerprint density at radius 2 is 1.95 bits per heavy atom. The Kier molecular flexibility index (Phi) is 3.74. The fourth-order valence-corrected chi connectivity index (χ4v) is 2.55. The van der Waals surface area contributed by atoms with Gasteiger partial charge >= 0.3 is 6.09 Å². The van der Waals surface area contributed by atoms with Crippen LogP contribution in [0, 0.1) is 11.2 Å². The highest BCUT2D eigenvalue weighted by Crippen LogP contribution is 2.57. The van der Waals surface area contributed by atoms with Gasteiger partial charge in [0.1, 0.15) is 11.4 Å². The summed E-state index contributed by atoms with van der Waals surface area (Å²) in [4.78, 5) is 11.6. The molecule has 4 nitrogen and oxygen atoms in total. The Morgan fingerprint density at radius 3 is 2.38 bits per heavy atom. The Bertz CT molecular complexity index is 564. The maximum atomic E-state index is 14.2. The molecule has 21 heavy (non-hydrogen) atoms. The van der Waals surface area contributed by atoms with Gasteiger partial charge in [-0.15, -0.1) is 0 Å². The van der Waals surface area contributed by atoms with Gasteiger partial charge in [0.25, 0.3) is 0 Å². The largest absolute Gasteiger partial charge is 0.444 e. The first-order valence-electron chi connectivity index (χ1n) is 7.07.